The lowest BCUT2D eigenvalue weighted by Gasteiger charge is -2.47. The van der Waals surface area contributed by atoms with Crippen molar-refractivity contribution in [3.05, 3.63) is 0 Å². The monoisotopic (exact) mass is 268 g/mol. The van der Waals surface area contributed by atoms with Crippen molar-refractivity contribution in [1.29, 1.82) is 0 Å². The van der Waals surface area contributed by atoms with Crippen LogP contribution in [-0.2, 0) is 4.74 Å². The Morgan fingerprint density at radius 3 is 2.74 bits per heavy atom. The summed E-state index contributed by atoms with van der Waals surface area (Å²) in [5.41, 5.74) is 0. The summed E-state index contributed by atoms with van der Waals surface area (Å²) in [6.45, 7) is 9.36. The Bertz CT molecular complexity index is 269. The van der Waals surface area contributed by atoms with E-state index in [-0.39, 0.29) is 0 Å². The second-order valence-electron chi connectivity index (χ2n) is 6.67. The molecule has 1 aliphatic carbocycles. The fourth-order valence-corrected chi connectivity index (χ4v) is 3.96. The van der Waals surface area contributed by atoms with Gasteiger partial charge in [0.05, 0.1) is 6.10 Å². The quantitative estimate of drug-likeness (QED) is 0.829. The number of ether oxygens (including phenoxy) is 1. The van der Waals surface area contributed by atoms with Crippen LogP contribution in [0.1, 0.15) is 52.9 Å². The molecule has 4 atom stereocenters. The minimum Gasteiger partial charge on any atom is -0.380 e. The normalized spacial score (nSPS) is 37.1. The molecule has 1 heterocycles. The number of nitrogens with one attached hydrogen (secondary N) is 1. The Morgan fingerprint density at radius 1 is 1.32 bits per heavy atom. The zero-order valence-electron chi connectivity index (χ0n) is 13.2. The molecule has 1 N–H and O–H groups in total. The molecule has 3 heteroatoms. The molecule has 0 amide bonds. The summed E-state index contributed by atoms with van der Waals surface area (Å²) in [5.74, 6) is 0.716. The average Bonchev–Trinajstić information content (AvgIpc) is 2.86. The summed E-state index contributed by atoms with van der Waals surface area (Å²) in [4.78, 5) is 2.78. The predicted octanol–water partition coefficient (Wildman–Crippen LogP) is 2.65. The Balaban J connectivity index is 2.06. The van der Waals surface area contributed by atoms with Gasteiger partial charge in [-0.25, -0.2) is 0 Å². The standard InChI is InChI=1S/C16H32N2O/c1-5-7-13-11-18(15(10-17-13)12(2)3)14-8-6-9-16(14)19-4/h12-17H,5-11H2,1-4H3. The zero-order valence-corrected chi connectivity index (χ0v) is 13.2. The van der Waals surface area contributed by atoms with Gasteiger partial charge in [-0.1, -0.05) is 27.2 Å². The summed E-state index contributed by atoms with van der Waals surface area (Å²) < 4.78 is 5.74. The summed E-state index contributed by atoms with van der Waals surface area (Å²) >= 11 is 0. The molecule has 0 spiro atoms. The fourth-order valence-electron chi connectivity index (χ4n) is 3.96. The number of rotatable bonds is 5. The third-order valence-corrected chi connectivity index (χ3v) is 5.03. The average molecular weight is 268 g/mol. The van der Waals surface area contributed by atoms with Crippen LogP contribution in [0.3, 0.4) is 0 Å². The van der Waals surface area contributed by atoms with Crippen molar-refractivity contribution in [2.24, 2.45) is 5.92 Å². The van der Waals surface area contributed by atoms with Gasteiger partial charge < -0.3 is 10.1 Å². The van der Waals surface area contributed by atoms with Crippen LogP contribution in [0, 0.1) is 5.92 Å². The molecular formula is C16H32N2O. The molecule has 1 saturated heterocycles. The number of methoxy groups -OCH3 is 1. The van der Waals surface area contributed by atoms with E-state index in [0.29, 0.717) is 30.1 Å². The van der Waals surface area contributed by atoms with Crippen LogP contribution in [0.5, 0.6) is 0 Å². The first kappa shape index (κ1) is 15.3. The maximum atomic E-state index is 5.74. The smallest absolute Gasteiger partial charge is 0.0726 e. The minimum absolute atomic E-state index is 0.460. The molecule has 0 radical (unpaired) electrons. The van der Waals surface area contributed by atoms with Gasteiger partial charge in [0.25, 0.3) is 0 Å². The molecule has 4 unspecified atom stereocenters. The highest BCUT2D eigenvalue weighted by Crippen LogP contribution is 2.31. The van der Waals surface area contributed by atoms with Crippen molar-refractivity contribution in [2.45, 2.75) is 77.1 Å². The van der Waals surface area contributed by atoms with Crippen LogP contribution in [-0.4, -0.2) is 49.3 Å². The second kappa shape index (κ2) is 7.05. The summed E-state index contributed by atoms with van der Waals surface area (Å²) in [6, 6.07) is 2.01. The van der Waals surface area contributed by atoms with Crippen molar-refractivity contribution in [2.75, 3.05) is 20.2 Å². The van der Waals surface area contributed by atoms with Gasteiger partial charge in [-0.05, 0) is 31.6 Å². The van der Waals surface area contributed by atoms with Crippen molar-refractivity contribution in [3.8, 4) is 0 Å². The van der Waals surface area contributed by atoms with Gasteiger partial charge in [0.15, 0.2) is 0 Å². The Labute approximate surface area is 119 Å². The molecule has 2 rings (SSSR count). The first-order chi connectivity index (χ1) is 9.17. The Morgan fingerprint density at radius 2 is 2.11 bits per heavy atom. The molecular weight excluding hydrogens is 236 g/mol. The minimum atomic E-state index is 0.460. The van der Waals surface area contributed by atoms with E-state index >= 15 is 0 Å². The van der Waals surface area contributed by atoms with Gasteiger partial charge in [0, 0.05) is 38.3 Å². The van der Waals surface area contributed by atoms with Gasteiger partial charge in [0.1, 0.15) is 0 Å². The molecule has 0 bridgehead atoms. The summed E-state index contributed by atoms with van der Waals surface area (Å²) in [5, 5.41) is 3.76. The first-order valence-corrected chi connectivity index (χ1v) is 8.19. The summed E-state index contributed by atoms with van der Waals surface area (Å²) in [6.07, 6.45) is 6.93. The van der Waals surface area contributed by atoms with Crippen LogP contribution < -0.4 is 5.32 Å². The van der Waals surface area contributed by atoms with Crippen LogP contribution in [0.2, 0.25) is 0 Å². The maximum Gasteiger partial charge on any atom is 0.0726 e. The van der Waals surface area contributed by atoms with E-state index in [2.05, 4.69) is 31.0 Å². The van der Waals surface area contributed by atoms with Gasteiger partial charge in [0.2, 0.25) is 0 Å². The third kappa shape index (κ3) is 3.50. The molecule has 0 aromatic carbocycles. The van der Waals surface area contributed by atoms with Crippen molar-refractivity contribution < 1.29 is 4.74 Å². The van der Waals surface area contributed by atoms with E-state index in [1.165, 1.54) is 38.6 Å². The molecule has 1 saturated carbocycles. The van der Waals surface area contributed by atoms with Crippen molar-refractivity contribution >= 4 is 0 Å². The van der Waals surface area contributed by atoms with Crippen LogP contribution >= 0.6 is 0 Å². The van der Waals surface area contributed by atoms with Crippen molar-refractivity contribution in [3.63, 3.8) is 0 Å². The highest BCUT2D eigenvalue weighted by atomic mass is 16.5. The molecule has 19 heavy (non-hydrogen) atoms. The zero-order chi connectivity index (χ0) is 13.8. The van der Waals surface area contributed by atoms with Gasteiger partial charge in [-0.2, -0.15) is 0 Å². The molecule has 112 valence electrons. The fraction of sp³-hybridized carbons (Fsp3) is 1.00. The van der Waals surface area contributed by atoms with E-state index in [9.17, 15) is 0 Å². The molecule has 1 aliphatic heterocycles. The molecule has 0 aromatic rings. The predicted molar refractivity (Wildman–Crippen MR) is 80.5 cm³/mol. The van der Waals surface area contributed by atoms with E-state index in [1.54, 1.807) is 0 Å². The number of nitrogens with zero attached hydrogens (tertiary/aromatic N) is 1. The lowest BCUT2D eigenvalue weighted by Crippen LogP contribution is -2.62. The highest BCUT2D eigenvalue weighted by Gasteiger charge is 2.39. The van der Waals surface area contributed by atoms with E-state index in [4.69, 9.17) is 4.74 Å². The number of piperazine rings is 1. The molecule has 0 aromatic heterocycles. The van der Waals surface area contributed by atoms with Gasteiger partial charge in [-0.15, -0.1) is 0 Å². The highest BCUT2D eigenvalue weighted by molar-refractivity contribution is 4.96. The van der Waals surface area contributed by atoms with Crippen LogP contribution in [0.4, 0.5) is 0 Å². The number of hydrogen-bond donors (Lipinski definition) is 1. The number of hydrogen-bond acceptors (Lipinski definition) is 3. The van der Waals surface area contributed by atoms with E-state index < -0.39 is 0 Å². The van der Waals surface area contributed by atoms with Gasteiger partial charge >= 0.3 is 0 Å². The van der Waals surface area contributed by atoms with E-state index in [0.717, 1.165) is 6.54 Å². The first-order valence-electron chi connectivity index (χ1n) is 8.19. The largest absolute Gasteiger partial charge is 0.380 e. The Hall–Kier alpha value is -0.120. The molecule has 2 aliphatic rings. The van der Waals surface area contributed by atoms with Gasteiger partial charge in [-0.3, -0.25) is 4.90 Å². The maximum absolute atomic E-state index is 5.74. The second-order valence-corrected chi connectivity index (χ2v) is 6.67. The Kier molecular flexibility index (Phi) is 5.67. The van der Waals surface area contributed by atoms with E-state index in [1.807, 2.05) is 7.11 Å². The third-order valence-electron chi connectivity index (χ3n) is 5.03. The SMILES string of the molecule is CCCC1CN(C2CCCC2OC)C(C(C)C)CN1. The topological polar surface area (TPSA) is 24.5 Å². The lowest BCUT2D eigenvalue weighted by molar-refractivity contribution is -0.0156. The van der Waals surface area contributed by atoms with Crippen molar-refractivity contribution in [1.82, 2.24) is 10.2 Å². The van der Waals surface area contributed by atoms with Crippen LogP contribution in [0.25, 0.3) is 0 Å². The molecule has 3 nitrogen and oxygen atoms in total. The molecule has 2 fully saturated rings. The lowest BCUT2D eigenvalue weighted by atomic mass is 9.94. The van der Waals surface area contributed by atoms with Crippen LogP contribution in [0.15, 0.2) is 0 Å². The summed E-state index contributed by atoms with van der Waals surface area (Å²) in [7, 11) is 1.89.